The monoisotopic (exact) mass is 479 g/mol. The zero-order valence-corrected chi connectivity index (χ0v) is 20.8. The molecule has 2 aliphatic rings. The molecule has 7 nitrogen and oxygen atoms in total. The Kier molecular flexibility index (Phi) is 7.02. The van der Waals surface area contributed by atoms with Crippen LogP contribution in [0.25, 0.3) is 10.9 Å². The summed E-state index contributed by atoms with van der Waals surface area (Å²) in [5.41, 5.74) is 2.08. The van der Waals surface area contributed by atoms with Gasteiger partial charge in [0, 0.05) is 36.3 Å². The van der Waals surface area contributed by atoms with E-state index in [1.165, 1.54) is 44.9 Å². The maximum Gasteiger partial charge on any atom is 0.162 e. The molecule has 2 atom stereocenters. The van der Waals surface area contributed by atoms with Crippen molar-refractivity contribution in [2.24, 2.45) is 5.92 Å². The SMILES string of the molecule is COc1cc2ncnc(Nc3ccc(F)c(C)c3)c2cc1OCCCN1CCC2CN(C)CCC21. The summed E-state index contributed by atoms with van der Waals surface area (Å²) in [4.78, 5) is 13.9. The molecular formula is C27H34FN5O2. The predicted molar refractivity (Wildman–Crippen MR) is 136 cm³/mol. The Morgan fingerprint density at radius 2 is 2.00 bits per heavy atom. The van der Waals surface area contributed by atoms with Crippen LogP contribution >= 0.6 is 0 Å². The summed E-state index contributed by atoms with van der Waals surface area (Å²) in [6.45, 7) is 7.02. The first-order valence-corrected chi connectivity index (χ1v) is 12.4. The molecule has 0 amide bonds. The summed E-state index contributed by atoms with van der Waals surface area (Å²) in [5.74, 6) is 2.54. The van der Waals surface area contributed by atoms with Gasteiger partial charge in [0.2, 0.25) is 0 Å². The maximum atomic E-state index is 13.7. The Morgan fingerprint density at radius 1 is 1.11 bits per heavy atom. The normalized spacial score (nSPS) is 20.7. The van der Waals surface area contributed by atoms with Crippen molar-refractivity contribution in [2.75, 3.05) is 52.3 Å². The van der Waals surface area contributed by atoms with Gasteiger partial charge < -0.3 is 19.7 Å². The highest BCUT2D eigenvalue weighted by Gasteiger charge is 2.36. The van der Waals surface area contributed by atoms with E-state index in [1.807, 2.05) is 12.1 Å². The van der Waals surface area contributed by atoms with Gasteiger partial charge in [-0.05, 0) is 82.1 Å². The molecule has 0 aliphatic carbocycles. The molecule has 8 heteroatoms. The Balaban J connectivity index is 1.27. The Bertz CT molecular complexity index is 1190. The van der Waals surface area contributed by atoms with E-state index in [2.05, 4.69) is 32.1 Å². The first-order valence-electron chi connectivity index (χ1n) is 12.4. The number of rotatable bonds is 8. The van der Waals surface area contributed by atoms with Crippen molar-refractivity contribution in [3.63, 3.8) is 0 Å². The average molecular weight is 480 g/mol. The van der Waals surface area contributed by atoms with E-state index in [-0.39, 0.29) is 5.82 Å². The van der Waals surface area contributed by atoms with Crippen molar-refractivity contribution in [1.82, 2.24) is 19.8 Å². The van der Waals surface area contributed by atoms with Gasteiger partial charge in [-0.2, -0.15) is 0 Å². The Hall–Kier alpha value is -2.97. The Morgan fingerprint density at radius 3 is 2.83 bits per heavy atom. The zero-order valence-electron chi connectivity index (χ0n) is 20.8. The molecule has 2 unspecified atom stereocenters. The van der Waals surface area contributed by atoms with Crippen molar-refractivity contribution < 1.29 is 13.9 Å². The molecule has 2 saturated heterocycles. The van der Waals surface area contributed by atoms with Gasteiger partial charge in [-0.3, -0.25) is 4.90 Å². The van der Waals surface area contributed by atoms with Crippen LogP contribution in [-0.2, 0) is 0 Å². The molecule has 3 aromatic rings. The van der Waals surface area contributed by atoms with Crippen molar-refractivity contribution >= 4 is 22.4 Å². The number of piperidine rings is 1. The third-order valence-electron chi connectivity index (χ3n) is 7.34. The molecule has 2 fully saturated rings. The molecule has 2 aliphatic heterocycles. The molecule has 35 heavy (non-hydrogen) atoms. The Labute approximate surface area is 206 Å². The molecule has 1 N–H and O–H groups in total. The van der Waals surface area contributed by atoms with E-state index in [4.69, 9.17) is 9.47 Å². The molecule has 1 aromatic heterocycles. The van der Waals surface area contributed by atoms with Crippen molar-refractivity contribution in [2.45, 2.75) is 32.2 Å². The second kappa shape index (κ2) is 10.3. The van der Waals surface area contributed by atoms with Gasteiger partial charge in [0.25, 0.3) is 0 Å². The number of aryl methyl sites for hydroxylation is 1. The molecule has 0 radical (unpaired) electrons. The number of ether oxygens (including phenoxy) is 2. The molecule has 0 saturated carbocycles. The third-order valence-corrected chi connectivity index (χ3v) is 7.34. The van der Waals surface area contributed by atoms with E-state index in [9.17, 15) is 4.39 Å². The first-order chi connectivity index (χ1) is 17.0. The summed E-state index contributed by atoms with van der Waals surface area (Å²) in [6.07, 6.45) is 5.04. The fourth-order valence-corrected chi connectivity index (χ4v) is 5.49. The van der Waals surface area contributed by atoms with Crippen LogP contribution in [0.15, 0.2) is 36.7 Å². The smallest absolute Gasteiger partial charge is 0.162 e. The average Bonchev–Trinajstić information content (AvgIpc) is 3.25. The van der Waals surface area contributed by atoms with Crippen LogP contribution in [0, 0.1) is 18.7 Å². The highest BCUT2D eigenvalue weighted by Crippen LogP contribution is 2.35. The molecule has 3 heterocycles. The van der Waals surface area contributed by atoms with Crippen LogP contribution in [0.2, 0.25) is 0 Å². The molecule has 0 spiro atoms. The summed E-state index contributed by atoms with van der Waals surface area (Å²) in [5, 5.41) is 4.11. The molecule has 2 aromatic carbocycles. The fourth-order valence-electron chi connectivity index (χ4n) is 5.49. The number of nitrogens with one attached hydrogen (secondary N) is 1. The van der Waals surface area contributed by atoms with Gasteiger partial charge >= 0.3 is 0 Å². The number of anilines is 2. The van der Waals surface area contributed by atoms with Crippen molar-refractivity contribution in [1.29, 1.82) is 0 Å². The van der Waals surface area contributed by atoms with Crippen LogP contribution in [-0.4, -0.2) is 72.8 Å². The molecule has 186 valence electrons. The summed E-state index contributed by atoms with van der Waals surface area (Å²) in [7, 11) is 3.87. The van der Waals surface area contributed by atoms with Crippen LogP contribution < -0.4 is 14.8 Å². The number of halogens is 1. The molecular weight excluding hydrogens is 445 g/mol. The van der Waals surface area contributed by atoms with Gasteiger partial charge in [0.1, 0.15) is 18.0 Å². The van der Waals surface area contributed by atoms with Crippen LogP contribution in [0.3, 0.4) is 0 Å². The second-order valence-corrected chi connectivity index (χ2v) is 9.74. The maximum absolute atomic E-state index is 13.7. The third kappa shape index (κ3) is 5.18. The molecule has 5 rings (SSSR count). The summed E-state index contributed by atoms with van der Waals surface area (Å²) < 4.78 is 25.5. The number of nitrogens with zero attached hydrogens (tertiary/aromatic N) is 4. The van der Waals surface area contributed by atoms with E-state index >= 15 is 0 Å². The highest BCUT2D eigenvalue weighted by atomic mass is 19.1. The highest BCUT2D eigenvalue weighted by molar-refractivity contribution is 5.93. The van der Waals surface area contributed by atoms with Crippen LogP contribution in [0.4, 0.5) is 15.9 Å². The lowest BCUT2D eigenvalue weighted by molar-refractivity contribution is 0.124. The number of fused-ring (bicyclic) bond motifs is 2. The minimum atomic E-state index is -0.233. The number of likely N-dealkylation sites (tertiary alicyclic amines) is 2. The van der Waals surface area contributed by atoms with Gasteiger partial charge in [-0.1, -0.05) is 0 Å². The summed E-state index contributed by atoms with van der Waals surface area (Å²) >= 11 is 0. The number of benzene rings is 2. The van der Waals surface area contributed by atoms with Crippen molar-refractivity contribution in [3.8, 4) is 11.5 Å². The van der Waals surface area contributed by atoms with Crippen LogP contribution in [0.1, 0.15) is 24.8 Å². The fraction of sp³-hybridized carbons (Fsp3) is 0.481. The lowest BCUT2D eigenvalue weighted by Gasteiger charge is -2.36. The lowest BCUT2D eigenvalue weighted by Crippen LogP contribution is -2.44. The summed E-state index contributed by atoms with van der Waals surface area (Å²) in [6, 6.07) is 9.43. The van der Waals surface area contributed by atoms with Gasteiger partial charge in [0.15, 0.2) is 11.5 Å². The largest absolute Gasteiger partial charge is 0.493 e. The van der Waals surface area contributed by atoms with Crippen molar-refractivity contribution in [3.05, 3.63) is 48.0 Å². The second-order valence-electron chi connectivity index (χ2n) is 9.74. The van der Waals surface area contributed by atoms with E-state index in [0.717, 1.165) is 41.5 Å². The first kappa shape index (κ1) is 23.8. The quantitative estimate of drug-likeness (QED) is 0.473. The number of methoxy groups -OCH3 is 1. The topological polar surface area (TPSA) is 62.8 Å². The number of hydrogen-bond acceptors (Lipinski definition) is 7. The lowest BCUT2D eigenvalue weighted by atomic mass is 9.93. The van der Waals surface area contributed by atoms with E-state index < -0.39 is 0 Å². The minimum Gasteiger partial charge on any atom is -0.493 e. The zero-order chi connectivity index (χ0) is 24.4. The standard InChI is InChI=1S/C27H34FN5O2/c1-18-13-20(5-6-22(18)28)31-27-21-14-26(25(34-3)15-23(21)29-17-30-27)35-12-4-9-33-11-7-19-16-32(2)10-8-24(19)33/h5-6,13-15,17,19,24H,4,7-12,16H2,1-3H3,(H,29,30,31). The molecule has 0 bridgehead atoms. The van der Waals surface area contributed by atoms with Crippen LogP contribution in [0.5, 0.6) is 11.5 Å². The van der Waals surface area contributed by atoms with Gasteiger partial charge in [0.05, 0.1) is 19.2 Å². The number of hydrogen-bond donors (Lipinski definition) is 1. The van der Waals surface area contributed by atoms with E-state index in [1.54, 1.807) is 26.2 Å². The predicted octanol–water partition coefficient (Wildman–Crippen LogP) is 4.62. The number of aromatic nitrogens is 2. The van der Waals surface area contributed by atoms with E-state index in [0.29, 0.717) is 29.5 Å². The van der Waals surface area contributed by atoms with Gasteiger partial charge in [-0.25, -0.2) is 14.4 Å². The van der Waals surface area contributed by atoms with Gasteiger partial charge in [-0.15, -0.1) is 0 Å². The minimum absolute atomic E-state index is 0.233.